The van der Waals surface area contributed by atoms with E-state index in [1.165, 1.54) is 0 Å². The quantitative estimate of drug-likeness (QED) is 0.658. The van der Waals surface area contributed by atoms with E-state index in [2.05, 4.69) is 5.32 Å². The van der Waals surface area contributed by atoms with E-state index in [0.717, 1.165) is 19.3 Å². The Kier molecular flexibility index (Phi) is 3.07. The third-order valence-corrected chi connectivity index (χ3v) is 2.71. The molecule has 0 radical (unpaired) electrons. The van der Waals surface area contributed by atoms with Gasteiger partial charge in [0.05, 0.1) is 6.54 Å². The minimum Gasteiger partial charge on any atom is -0.305 e. The van der Waals surface area contributed by atoms with Crippen LogP contribution in [-0.2, 0) is 0 Å². The molecule has 0 aliphatic heterocycles. The molecule has 0 aromatic heterocycles. The maximum absolute atomic E-state index is 11.8. The van der Waals surface area contributed by atoms with E-state index in [4.69, 9.17) is 11.6 Å². The number of hydrogen-bond acceptors (Lipinski definition) is 1. The van der Waals surface area contributed by atoms with Crippen LogP contribution >= 0.6 is 11.6 Å². The van der Waals surface area contributed by atoms with Crippen LogP contribution in [0.4, 0.5) is 8.78 Å². The van der Waals surface area contributed by atoms with Crippen molar-refractivity contribution in [2.45, 2.75) is 31.2 Å². The second kappa shape index (κ2) is 3.68. The highest BCUT2D eigenvalue weighted by Gasteiger charge is 2.35. The molecular formula is C7H12ClF2N. The highest BCUT2D eigenvalue weighted by molar-refractivity contribution is 6.18. The van der Waals surface area contributed by atoms with Gasteiger partial charge in [0.2, 0.25) is 0 Å². The SMILES string of the molecule is FC(F)CNC1(CCl)CCC1. The Morgan fingerprint density at radius 3 is 2.36 bits per heavy atom. The molecule has 1 nitrogen and oxygen atoms in total. The molecule has 1 saturated carbocycles. The molecule has 0 aromatic rings. The zero-order valence-electron chi connectivity index (χ0n) is 6.25. The second-order valence-electron chi connectivity index (χ2n) is 3.04. The third kappa shape index (κ3) is 2.27. The summed E-state index contributed by atoms with van der Waals surface area (Å²) in [6.45, 7) is -0.229. The second-order valence-corrected chi connectivity index (χ2v) is 3.31. The lowest BCUT2D eigenvalue weighted by atomic mass is 9.78. The summed E-state index contributed by atoms with van der Waals surface area (Å²) in [6, 6.07) is 0. The van der Waals surface area contributed by atoms with Crippen LogP contribution in [-0.4, -0.2) is 24.4 Å². The van der Waals surface area contributed by atoms with Crippen molar-refractivity contribution in [2.24, 2.45) is 0 Å². The Hall–Kier alpha value is 0.110. The first-order valence-corrected chi connectivity index (χ1v) is 4.31. The molecule has 0 heterocycles. The van der Waals surface area contributed by atoms with Gasteiger partial charge in [-0.05, 0) is 19.3 Å². The van der Waals surface area contributed by atoms with Crippen LogP contribution in [0.15, 0.2) is 0 Å². The van der Waals surface area contributed by atoms with Gasteiger partial charge in [0.25, 0.3) is 6.43 Å². The van der Waals surface area contributed by atoms with Gasteiger partial charge in [0.1, 0.15) is 0 Å². The molecule has 66 valence electrons. The normalized spacial score (nSPS) is 21.8. The van der Waals surface area contributed by atoms with Gasteiger partial charge in [-0.2, -0.15) is 0 Å². The molecule has 0 bridgehead atoms. The summed E-state index contributed by atoms with van der Waals surface area (Å²) in [4.78, 5) is 0. The van der Waals surface area contributed by atoms with Crippen LogP contribution in [0, 0.1) is 0 Å². The van der Waals surface area contributed by atoms with E-state index < -0.39 is 6.43 Å². The van der Waals surface area contributed by atoms with Gasteiger partial charge >= 0.3 is 0 Å². The number of alkyl halides is 3. The molecule has 1 fully saturated rings. The molecule has 1 aliphatic carbocycles. The van der Waals surface area contributed by atoms with Crippen molar-refractivity contribution in [3.8, 4) is 0 Å². The molecule has 0 unspecified atom stereocenters. The number of hydrogen-bond donors (Lipinski definition) is 1. The van der Waals surface area contributed by atoms with Gasteiger partial charge in [-0.1, -0.05) is 0 Å². The maximum atomic E-state index is 11.8. The average Bonchev–Trinajstić information content (AvgIpc) is 1.86. The summed E-state index contributed by atoms with van der Waals surface area (Å²) < 4.78 is 23.5. The lowest BCUT2D eigenvalue weighted by Crippen LogP contribution is -2.53. The van der Waals surface area contributed by atoms with E-state index in [1.807, 2.05) is 0 Å². The van der Waals surface area contributed by atoms with Crippen LogP contribution in [0.5, 0.6) is 0 Å². The van der Waals surface area contributed by atoms with Crippen molar-refractivity contribution in [3.05, 3.63) is 0 Å². The monoisotopic (exact) mass is 183 g/mol. The molecule has 0 spiro atoms. The van der Waals surface area contributed by atoms with Crippen molar-refractivity contribution < 1.29 is 8.78 Å². The van der Waals surface area contributed by atoms with Crippen molar-refractivity contribution in [1.29, 1.82) is 0 Å². The zero-order valence-corrected chi connectivity index (χ0v) is 7.00. The topological polar surface area (TPSA) is 12.0 Å². The number of halogens is 3. The van der Waals surface area contributed by atoms with E-state index in [0.29, 0.717) is 5.88 Å². The maximum Gasteiger partial charge on any atom is 0.250 e. The minimum absolute atomic E-state index is 0.169. The lowest BCUT2D eigenvalue weighted by molar-refractivity contribution is 0.112. The van der Waals surface area contributed by atoms with Crippen LogP contribution < -0.4 is 5.32 Å². The Labute approximate surface area is 70.1 Å². The van der Waals surface area contributed by atoms with E-state index >= 15 is 0 Å². The average molecular weight is 184 g/mol. The molecule has 1 rings (SSSR count). The summed E-state index contributed by atoms with van der Waals surface area (Å²) in [5.74, 6) is 0.444. The van der Waals surface area contributed by atoms with Crippen LogP contribution in [0.3, 0.4) is 0 Å². The van der Waals surface area contributed by atoms with E-state index in [-0.39, 0.29) is 12.1 Å². The first-order valence-electron chi connectivity index (χ1n) is 3.78. The smallest absolute Gasteiger partial charge is 0.250 e. The molecular weight excluding hydrogens is 172 g/mol. The van der Waals surface area contributed by atoms with Gasteiger partial charge in [-0.3, -0.25) is 0 Å². The summed E-state index contributed by atoms with van der Waals surface area (Å²) in [5, 5.41) is 2.80. The highest BCUT2D eigenvalue weighted by atomic mass is 35.5. The molecule has 11 heavy (non-hydrogen) atoms. The fourth-order valence-corrected chi connectivity index (χ4v) is 1.62. The van der Waals surface area contributed by atoms with Crippen LogP contribution in [0.1, 0.15) is 19.3 Å². The zero-order chi connectivity index (χ0) is 8.32. The summed E-state index contributed by atoms with van der Waals surface area (Å²) >= 11 is 5.64. The molecule has 0 saturated heterocycles. The summed E-state index contributed by atoms with van der Waals surface area (Å²) in [6.07, 6.45) is 0.700. The number of nitrogens with one attached hydrogen (secondary N) is 1. The Balaban J connectivity index is 2.22. The molecule has 0 amide bonds. The predicted octanol–water partition coefficient (Wildman–Crippen LogP) is 2.00. The molecule has 1 N–H and O–H groups in total. The van der Waals surface area contributed by atoms with Crippen molar-refractivity contribution >= 4 is 11.6 Å². The summed E-state index contributed by atoms with van der Waals surface area (Å²) in [7, 11) is 0. The van der Waals surface area contributed by atoms with Crippen molar-refractivity contribution in [3.63, 3.8) is 0 Å². The van der Waals surface area contributed by atoms with Gasteiger partial charge < -0.3 is 5.32 Å². The summed E-state index contributed by atoms with van der Waals surface area (Å²) in [5.41, 5.74) is -0.169. The van der Waals surface area contributed by atoms with Gasteiger partial charge in [0, 0.05) is 11.4 Å². The Morgan fingerprint density at radius 2 is 2.09 bits per heavy atom. The van der Waals surface area contributed by atoms with Crippen LogP contribution in [0.25, 0.3) is 0 Å². The van der Waals surface area contributed by atoms with Gasteiger partial charge in [0.15, 0.2) is 0 Å². The largest absolute Gasteiger partial charge is 0.305 e. The first kappa shape index (κ1) is 9.20. The van der Waals surface area contributed by atoms with Gasteiger partial charge in [-0.15, -0.1) is 11.6 Å². The fourth-order valence-electron chi connectivity index (χ4n) is 1.25. The van der Waals surface area contributed by atoms with E-state index in [9.17, 15) is 8.78 Å². The minimum atomic E-state index is -2.27. The third-order valence-electron chi connectivity index (χ3n) is 2.20. The fraction of sp³-hybridized carbons (Fsp3) is 1.00. The van der Waals surface area contributed by atoms with Crippen LogP contribution in [0.2, 0.25) is 0 Å². The van der Waals surface area contributed by atoms with E-state index in [1.54, 1.807) is 0 Å². The van der Waals surface area contributed by atoms with Gasteiger partial charge in [-0.25, -0.2) is 8.78 Å². The molecule has 1 aliphatic rings. The van der Waals surface area contributed by atoms with Crippen molar-refractivity contribution in [2.75, 3.05) is 12.4 Å². The first-order chi connectivity index (χ1) is 5.18. The molecule has 4 heteroatoms. The number of rotatable bonds is 4. The molecule has 0 aromatic carbocycles. The molecule has 0 atom stereocenters. The van der Waals surface area contributed by atoms with Crippen molar-refractivity contribution in [1.82, 2.24) is 5.32 Å². The standard InChI is InChI=1S/C7H12ClF2N/c8-5-7(2-1-3-7)11-4-6(9)10/h6,11H,1-5H2. The lowest BCUT2D eigenvalue weighted by Gasteiger charge is -2.41. The predicted molar refractivity (Wildman–Crippen MR) is 41.3 cm³/mol. The Morgan fingerprint density at radius 1 is 1.45 bits per heavy atom. The Bertz CT molecular complexity index is 120. The highest BCUT2D eigenvalue weighted by Crippen LogP contribution is 2.32.